The summed E-state index contributed by atoms with van der Waals surface area (Å²) in [5.74, 6) is 0. The Hall–Kier alpha value is -9.26. The van der Waals surface area contributed by atoms with Crippen LogP contribution in [0, 0.1) is 52.0 Å². The fraction of sp³-hybridized carbons (Fsp3) is 0.0465. The molecule has 6 aromatic heterocycles. The summed E-state index contributed by atoms with van der Waals surface area (Å²) in [7, 11) is 0. The van der Waals surface area contributed by atoms with Gasteiger partial charge < -0.3 is 19.9 Å². The molecule has 96 heavy (non-hydrogen) atoms. The zero-order valence-corrected chi connectivity index (χ0v) is 62.4. The van der Waals surface area contributed by atoms with Crippen LogP contribution in [0.2, 0.25) is 0 Å². The quantitative estimate of drug-likeness (QED) is 0.134. The first-order valence-corrected chi connectivity index (χ1v) is 30.1. The number of pyridine rings is 6. The standard InChI is InChI=1S/C21H16N2.3C18H14N.C11H8N.4Ir/c1-15-13-20(23-14-19(15)16-7-3-2-4-8-16)21-18-10-6-5-9-17(18)11-12-22-21;1-14-12-18(16-10-6-3-7-11-16)19-13-17(14)15-8-4-2-5-9-15;1-14-7-5-6-10-17(14)16-11-12-19-18(13-16)15-8-3-2-4-9-15;1-14-13-16(18-9-5-6-12-19-18)10-11-17(14)15-7-3-2-4-8-15;1-2-6-10(7-3-1)11-8-4-5-9-12-11;;;;/h2-14H,1H3;2-10,12-13H,1H3;2-8,10-13H,1H3;2-9,11-13H,1H3;1-6,8-9H;;;;/q;4*-1;;;;/i2D,3D,4D,7D,8D;;;;;;;;. The second kappa shape index (κ2) is 38.3. The summed E-state index contributed by atoms with van der Waals surface area (Å²) in [4.78, 5) is 26.5. The minimum absolute atomic E-state index is 0. The molecule has 0 N–H and O–H groups in total. The van der Waals surface area contributed by atoms with Crippen molar-refractivity contribution in [3.05, 3.63) is 375 Å². The molecule has 0 fully saturated rings. The number of hydrogen-bond donors (Lipinski definition) is 0. The summed E-state index contributed by atoms with van der Waals surface area (Å²) in [6.45, 7) is 8.22. The van der Waals surface area contributed by atoms with Crippen molar-refractivity contribution >= 4 is 10.8 Å². The van der Waals surface area contributed by atoms with Crippen LogP contribution >= 0.6 is 0 Å². The van der Waals surface area contributed by atoms with Crippen molar-refractivity contribution in [2.75, 3.05) is 0 Å². The molecular weight excluding hydrogens is 1890 g/mol. The average molecular weight is 1960 g/mol. The number of nitrogens with zero attached hydrogens (tertiary/aromatic N) is 6. The number of fused-ring (bicyclic) bond motifs is 1. The molecular formula is C86H66Ir4N6-4. The van der Waals surface area contributed by atoms with Gasteiger partial charge in [-0.1, -0.05) is 194 Å². The van der Waals surface area contributed by atoms with Crippen LogP contribution in [0.15, 0.2) is 328 Å². The fourth-order valence-electron chi connectivity index (χ4n) is 10.3. The first kappa shape index (κ1) is 66.7. The van der Waals surface area contributed by atoms with Gasteiger partial charge in [-0.15, -0.1) is 137 Å². The van der Waals surface area contributed by atoms with Gasteiger partial charge >= 0.3 is 0 Å². The Morgan fingerprint density at radius 3 is 1.32 bits per heavy atom. The van der Waals surface area contributed by atoms with E-state index in [-0.39, 0.29) is 110 Å². The van der Waals surface area contributed by atoms with Gasteiger partial charge in [0.15, 0.2) is 0 Å². The Labute approximate surface area is 626 Å². The van der Waals surface area contributed by atoms with Crippen LogP contribution in [-0.4, -0.2) is 29.9 Å². The van der Waals surface area contributed by atoms with Gasteiger partial charge in [-0.2, -0.15) is 0 Å². The van der Waals surface area contributed by atoms with E-state index in [1.54, 1.807) is 18.6 Å². The third-order valence-electron chi connectivity index (χ3n) is 15.0. The molecule has 0 saturated carbocycles. The molecule has 0 bridgehead atoms. The maximum Gasteiger partial charge on any atom is 0.0964 e. The Morgan fingerprint density at radius 2 is 0.760 bits per heavy atom. The third-order valence-corrected chi connectivity index (χ3v) is 15.0. The maximum atomic E-state index is 8.18. The smallest absolute Gasteiger partial charge is 0.0964 e. The topological polar surface area (TPSA) is 77.3 Å². The Balaban J connectivity index is 0.000000179. The van der Waals surface area contributed by atoms with E-state index < -0.39 is 6.04 Å². The van der Waals surface area contributed by atoms with Crippen LogP contribution in [-0.2, 0) is 80.4 Å². The molecule has 4 radical (unpaired) electrons. The molecule has 10 heteroatoms. The fourth-order valence-corrected chi connectivity index (χ4v) is 10.3. The largest absolute Gasteiger partial charge is 0.305 e. The zero-order chi connectivity index (χ0) is 67.5. The second-order valence-electron chi connectivity index (χ2n) is 21.3. The van der Waals surface area contributed by atoms with E-state index >= 15 is 0 Å². The molecule has 15 rings (SSSR count). The van der Waals surface area contributed by atoms with Crippen LogP contribution < -0.4 is 0 Å². The minimum atomic E-state index is -0.402. The molecule has 15 aromatic rings. The van der Waals surface area contributed by atoms with Gasteiger partial charge in [0.1, 0.15) is 0 Å². The van der Waals surface area contributed by atoms with Crippen molar-refractivity contribution in [2.24, 2.45) is 0 Å². The van der Waals surface area contributed by atoms with Crippen molar-refractivity contribution in [1.82, 2.24) is 29.9 Å². The summed E-state index contributed by atoms with van der Waals surface area (Å²) in [6.07, 6.45) is 10.7. The molecule has 6 heterocycles. The van der Waals surface area contributed by atoms with Gasteiger partial charge in [-0.25, -0.2) is 0 Å². The van der Waals surface area contributed by atoms with E-state index in [4.69, 9.17) is 6.85 Å². The van der Waals surface area contributed by atoms with Crippen LogP contribution in [0.25, 0.3) is 112 Å². The number of hydrogen-bond acceptors (Lipinski definition) is 6. The molecule has 9 aromatic carbocycles. The van der Waals surface area contributed by atoms with Gasteiger partial charge in [0.25, 0.3) is 0 Å². The van der Waals surface area contributed by atoms with Gasteiger partial charge in [-0.3, -0.25) is 9.97 Å². The summed E-state index contributed by atoms with van der Waals surface area (Å²) in [6, 6.07) is 98.1. The Bertz CT molecular complexity index is 4900. The molecule has 0 aliphatic carbocycles. The number of aromatic nitrogens is 6. The van der Waals surface area contributed by atoms with Crippen molar-refractivity contribution in [3.8, 4) is 101 Å². The number of benzene rings is 9. The van der Waals surface area contributed by atoms with E-state index in [1.165, 1.54) is 50.1 Å². The first-order chi connectivity index (χ1) is 47.4. The van der Waals surface area contributed by atoms with Gasteiger partial charge in [-0.05, 0) is 118 Å². The van der Waals surface area contributed by atoms with E-state index in [2.05, 4.69) is 166 Å². The third kappa shape index (κ3) is 20.1. The van der Waals surface area contributed by atoms with E-state index in [0.29, 0.717) is 11.3 Å². The minimum Gasteiger partial charge on any atom is -0.305 e. The molecule has 0 spiro atoms. The predicted molar refractivity (Wildman–Crippen MR) is 380 cm³/mol. The van der Waals surface area contributed by atoms with E-state index in [1.807, 2.05) is 195 Å². The van der Waals surface area contributed by atoms with Crippen LogP contribution in [0.5, 0.6) is 0 Å². The summed E-state index contributed by atoms with van der Waals surface area (Å²) in [5.41, 5.74) is 21.9. The molecule has 0 saturated heterocycles. The number of aryl methyl sites for hydroxylation is 4. The zero-order valence-electron chi connectivity index (χ0n) is 57.8. The van der Waals surface area contributed by atoms with E-state index in [0.717, 1.165) is 67.1 Å². The van der Waals surface area contributed by atoms with Gasteiger partial charge in [0.2, 0.25) is 0 Å². The summed E-state index contributed by atoms with van der Waals surface area (Å²) >= 11 is 0. The predicted octanol–water partition coefficient (Wildman–Crippen LogP) is 21.4. The normalized spacial score (nSPS) is 10.7. The molecule has 0 atom stereocenters. The van der Waals surface area contributed by atoms with Crippen molar-refractivity contribution in [3.63, 3.8) is 0 Å². The van der Waals surface area contributed by atoms with Crippen molar-refractivity contribution < 1.29 is 87.3 Å². The van der Waals surface area contributed by atoms with Crippen molar-refractivity contribution in [2.45, 2.75) is 27.7 Å². The molecule has 0 aliphatic heterocycles. The number of rotatable bonds is 9. The van der Waals surface area contributed by atoms with Gasteiger partial charge in [0.05, 0.1) is 18.2 Å². The second-order valence-corrected chi connectivity index (χ2v) is 21.3. The first-order valence-electron chi connectivity index (χ1n) is 32.6. The molecule has 0 amide bonds. The summed E-state index contributed by atoms with van der Waals surface area (Å²) < 4.78 is 39.9. The van der Waals surface area contributed by atoms with Crippen LogP contribution in [0.3, 0.4) is 0 Å². The van der Waals surface area contributed by atoms with Gasteiger partial charge in [0, 0.05) is 134 Å². The van der Waals surface area contributed by atoms with Crippen LogP contribution in [0.1, 0.15) is 29.1 Å². The monoisotopic (exact) mass is 1960 g/mol. The van der Waals surface area contributed by atoms with Crippen LogP contribution in [0.4, 0.5) is 0 Å². The SMILES string of the molecule is Cc1cc(-c2[c-]cccc2)ncc1-c1ccccc1.Cc1cc(-c2ccccn2)[c-]cc1-c1ccccc1.Cc1ccccc1-c1ccnc(-c2[c-]cccc2)c1.[2H]c1c([2H])c([2H])c(-c2cnc(-c3nccc4ccccc34)cc2C)c([2H])c1[2H].[Ir].[Ir].[Ir].[Ir].[c-]1ccccc1-c1ccccn1. The molecule has 0 aliphatic rings. The Kier molecular flexibility index (Phi) is 26.6. The molecule has 6 nitrogen and oxygen atoms in total. The average Bonchev–Trinajstić information content (AvgIpc) is 0.767. The Morgan fingerprint density at radius 1 is 0.292 bits per heavy atom. The molecule has 0 unspecified atom stereocenters. The summed E-state index contributed by atoms with van der Waals surface area (Å²) in [5, 5.41) is 2.04. The molecule has 480 valence electrons. The van der Waals surface area contributed by atoms with E-state index in [9.17, 15) is 0 Å². The maximum absolute atomic E-state index is 8.18. The van der Waals surface area contributed by atoms with Crippen molar-refractivity contribution in [1.29, 1.82) is 0 Å².